The molecule has 0 aliphatic heterocycles. The predicted octanol–water partition coefficient (Wildman–Crippen LogP) is 5.19. The fourth-order valence-corrected chi connectivity index (χ4v) is 2.71. The molecule has 22 heavy (non-hydrogen) atoms. The minimum absolute atomic E-state index is 0.212. The van der Waals surface area contributed by atoms with E-state index < -0.39 is 0 Å². The number of carbonyl (C=O) groups excluding carboxylic acids is 2. The van der Waals surface area contributed by atoms with E-state index in [0.29, 0.717) is 38.4 Å². The van der Waals surface area contributed by atoms with Crippen LogP contribution in [0, 0.1) is 0 Å². The lowest BCUT2D eigenvalue weighted by molar-refractivity contribution is 0.103. The van der Waals surface area contributed by atoms with Gasteiger partial charge >= 0.3 is 0 Å². The van der Waals surface area contributed by atoms with E-state index in [4.69, 9.17) is 23.2 Å². The predicted molar refractivity (Wildman–Crippen MR) is 89.2 cm³/mol. The summed E-state index contributed by atoms with van der Waals surface area (Å²) in [6.45, 7) is 0. The van der Waals surface area contributed by atoms with E-state index in [1.165, 1.54) is 0 Å². The molecule has 3 aromatic rings. The number of rotatable bonds is 3. The summed E-state index contributed by atoms with van der Waals surface area (Å²) in [4.78, 5) is 24.1. The lowest BCUT2D eigenvalue weighted by Crippen LogP contribution is -2.05. The highest BCUT2D eigenvalue weighted by molar-refractivity contribution is 6.31. The molecule has 0 aliphatic carbocycles. The van der Waals surface area contributed by atoms with Gasteiger partial charge in [-0.3, -0.25) is 9.59 Å². The topological polar surface area (TPSA) is 34.1 Å². The molecule has 0 radical (unpaired) electrons. The van der Waals surface area contributed by atoms with Crippen molar-refractivity contribution in [3.05, 3.63) is 81.3 Å². The Bertz CT molecular complexity index is 883. The normalized spacial score (nSPS) is 10.6. The SMILES string of the molecule is O=Cc1c(C(=O)c2ccc(Cl)cc2)ccc2cc(Cl)ccc12. The molecule has 0 N–H and O–H groups in total. The summed E-state index contributed by atoms with van der Waals surface area (Å²) >= 11 is 11.8. The average molecular weight is 329 g/mol. The summed E-state index contributed by atoms with van der Waals surface area (Å²) in [5, 5.41) is 2.67. The Morgan fingerprint density at radius 1 is 0.864 bits per heavy atom. The Morgan fingerprint density at radius 2 is 1.55 bits per heavy atom. The standard InChI is InChI=1S/C18H10Cl2O2/c19-13-4-1-11(2-5-13)18(22)16-7-3-12-9-14(20)6-8-15(12)17(16)10-21/h1-10H. The van der Waals surface area contributed by atoms with Crippen molar-refractivity contribution in [1.29, 1.82) is 0 Å². The first-order chi connectivity index (χ1) is 10.6. The lowest BCUT2D eigenvalue weighted by atomic mass is 9.94. The van der Waals surface area contributed by atoms with Gasteiger partial charge in [-0.1, -0.05) is 35.3 Å². The Morgan fingerprint density at radius 3 is 2.23 bits per heavy atom. The van der Waals surface area contributed by atoms with Crippen LogP contribution < -0.4 is 0 Å². The van der Waals surface area contributed by atoms with Crippen molar-refractivity contribution in [3.8, 4) is 0 Å². The molecule has 4 heteroatoms. The number of aldehydes is 1. The van der Waals surface area contributed by atoms with Crippen LogP contribution in [0.3, 0.4) is 0 Å². The molecule has 0 spiro atoms. The van der Waals surface area contributed by atoms with Gasteiger partial charge in [0.1, 0.15) is 0 Å². The van der Waals surface area contributed by atoms with Crippen LogP contribution in [0.1, 0.15) is 26.3 Å². The van der Waals surface area contributed by atoms with E-state index in [2.05, 4.69) is 0 Å². The average Bonchev–Trinajstić information content (AvgIpc) is 2.53. The quantitative estimate of drug-likeness (QED) is 0.489. The third-order valence-corrected chi connectivity index (χ3v) is 3.98. The number of hydrogen-bond donors (Lipinski definition) is 0. The molecule has 0 aromatic heterocycles. The maximum atomic E-state index is 12.6. The summed E-state index contributed by atoms with van der Waals surface area (Å²) < 4.78 is 0. The van der Waals surface area contributed by atoms with E-state index in [1.807, 2.05) is 0 Å². The van der Waals surface area contributed by atoms with Gasteiger partial charge in [-0.25, -0.2) is 0 Å². The molecule has 0 heterocycles. The first kappa shape index (κ1) is 14.8. The Hall–Kier alpha value is -2.16. The molecule has 108 valence electrons. The van der Waals surface area contributed by atoms with Gasteiger partial charge in [-0.05, 0) is 53.2 Å². The molecule has 0 aliphatic rings. The maximum Gasteiger partial charge on any atom is 0.193 e. The summed E-state index contributed by atoms with van der Waals surface area (Å²) in [5.74, 6) is -0.212. The summed E-state index contributed by atoms with van der Waals surface area (Å²) in [5.41, 5.74) is 1.22. The first-order valence-electron chi connectivity index (χ1n) is 6.58. The Balaban J connectivity index is 2.18. The van der Waals surface area contributed by atoms with Crippen LogP contribution in [0.25, 0.3) is 10.8 Å². The molecular weight excluding hydrogens is 319 g/mol. The second-order valence-corrected chi connectivity index (χ2v) is 5.72. The fraction of sp³-hybridized carbons (Fsp3) is 0. The number of ketones is 1. The van der Waals surface area contributed by atoms with Crippen LogP contribution in [-0.2, 0) is 0 Å². The molecule has 0 unspecified atom stereocenters. The minimum atomic E-state index is -0.212. The Kier molecular flexibility index (Phi) is 3.97. The molecule has 0 amide bonds. The highest BCUT2D eigenvalue weighted by Gasteiger charge is 2.16. The zero-order valence-corrected chi connectivity index (χ0v) is 12.9. The highest BCUT2D eigenvalue weighted by atomic mass is 35.5. The van der Waals surface area contributed by atoms with E-state index in [1.54, 1.807) is 54.6 Å². The first-order valence-corrected chi connectivity index (χ1v) is 7.33. The largest absolute Gasteiger partial charge is 0.298 e. The van der Waals surface area contributed by atoms with E-state index in [-0.39, 0.29) is 5.78 Å². The van der Waals surface area contributed by atoms with Crippen molar-refractivity contribution >= 4 is 46.0 Å². The number of carbonyl (C=O) groups is 2. The fourth-order valence-electron chi connectivity index (χ4n) is 2.41. The molecule has 0 atom stereocenters. The molecule has 0 saturated carbocycles. The van der Waals surface area contributed by atoms with Gasteiger partial charge in [-0.2, -0.15) is 0 Å². The molecule has 3 rings (SSSR count). The van der Waals surface area contributed by atoms with Crippen molar-refractivity contribution in [2.24, 2.45) is 0 Å². The van der Waals surface area contributed by atoms with Gasteiger partial charge in [0.15, 0.2) is 12.1 Å². The number of hydrogen-bond acceptors (Lipinski definition) is 2. The van der Waals surface area contributed by atoms with Crippen molar-refractivity contribution in [3.63, 3.8) is 0 Å². The lowest BCUT2D eigenvalue weighted by Gasteiger charge is -2.08. The summed E-state index contributed by atoms with van der Waals surface area (Å²) in [7, 11) is 0. The number of fused-ring (bicyclic) bond motifs is 1. The van der Waals surface area contributed by atoms with Gasteiger partial charge < -0.3 is 0 Å². The molecule has 3 aromatic carbocycles. The van der Waals surface area contributed by atoms with Crippen LogP contribution >= 0.6 is 23.2 Å². The van der Waals surface area contributed by atoms with Gasteiger partial charge in [-0.15, -0.1) is 0 Å². The van der Waals surface area contributed by atoms with Gasteiger partial charge in [0.2, 0.25) is 0 Å². The van der Waals surface area contributed by atoms with Crippen molar-refractivity contribution < 1.29 is 9.59 Å². The molecule has 2 nitrogen and oxygen atoms in total. The zero-order chi connectivity index (χ0) is 15.7. The van der Waals surface area contributed by atoms with Crippen LogP contribution in [0.4, 0.5) is 0 Å². The van der Waals surface area contributed by atoms with Crippen LogP contribution in [-0.4, -0.2) is 12.1 Å². The molecular formula is C18H10Cl2O2. The van der Waals surface area contributed by atoms with Crippen LogP contribution in [0.2, 0.25) is 10.0 Å². The smallest absolute Gasteiger partial charge is 0.193 e. The minimum Gasteiger partial charge on any atom is -0.298 e. The second-order valence-electron chi connectivity index (χ2n) is 4.85. The van der Waals surface area contributed by atoms with Crippen molar-refractivity contribution in [1.82, 2.24) is 0 Å². The third kappa shape index (κ3) is 2.63. The Labute approximate surface area is 137 Å². The van der Waals surface area contributed by atoms with E-state index in [9.17, 15) is 9.59 Å². The van der Waals surface area contributed by atoms with Gasteiger partial charge in [0.05, 0.1) is 0 Å². The van der Waals surface area contributed by atoms with E-state index in [0.717, 1.165) is 5.39 Å². The van der Waals surface area contributed by atoms with Crippen LogP contribution in [0.5, 0.6) is 0 Å². The number of halogens is 2. The second kappa shape index (κ2) is 5.91. The molecule has 0 bridgehead atoms. The highest BCUT2D eigenvalue weighted by Crippen LogP contribution is 2.26. The van der Waals surface area contributed by atoms with Gasteiger partial charge in [0, 0.05) is 26.7 Å². The van der Waals surface area contributed by atoms with Crippen molar-refractivity contribution in [2.75, 3.05) is 0 Å². The monoisotopic (exact) mass is 328 g/mol. The molecule has 0 fully saturated rings. The summed E-state index contributed by atoms with van der Waals surface area (Å²) in [6.07, 6.45) is 0.708. The van der Waals surface area contributed by atoms with E-state index >= 15 is 0 Å². The van der Waals surface area contributed by atoms with Gasteiger partial charge in [0.25, 0.3) is 0 Å². The third-order valence-electron chi connectivity index (χ3n) is 3.49. The molecule has 0 saturated heterocycles. The number of benzene rings is 3. The van der Waals surface area contributed by atoms with Crippen LogP contribution in [0.15, 0.2) is 54.6 Å². The van der Waals surface area contributed by atoms with Crippen molar-refractivity contribution in [2.45, 2.75) is 0 Å². The summed E-state index contributed by atoms with van der Waals surface area (Å²) in [6, 6.07) is 15.2. The maximum absolute atomic E-state index is 12.6. The zero-order valence-electron chi connectivity index (χ0n) is 11.3.